The first-order valence-electron chi connectivity index (χ1n) is 9.07. The molecule has 1 aromatic carbocycles. The third kappa shape index (κ3) is 3.42. The molecule has 0 bridgehead atoms. The predicted octanol–water partition coefficient (Wildman–Crippen LogP) is 3.71. The first kappa shape index (κ1) is 17.0. The lowest BCUT2D eigenvalue weighted by atomic mass is 9.94. The van der Waals surface area contributed by atoms with Crippen LogP contribution in [0.1, 0.15) is 32.5 Å². The van der Waals surface area contributed by atoms with E-state index in [1.165, 1.54) is 0 Å². The van der Waals surface area contributed by atoms with E-state index >= 15 is 0 Å². The summed E-state index contributed by atoms with van der Waals surface area (Å²) in [6.45, 7) is 6.99. The molecule has 1 atom stereocenters. The molecule has 136 valence electrons. The average molecular weight is 351 g/mol. The smallest absolute Gasteiger partial charge is 0.130 e. The number of aromatic nitrogens is 4. The van der Waals surface area contributed by atoms with Gasteiger partial charge in [-0.15, -0.1) is 0 Å². The second-order valence-electron chi connectivity index (χ2n) is 7.69. The van der Waals surface area contributed by atoms with Crippen molar-refractivity contribution in [2.75, 3.05) is 11.9 Å². The van der Waals surface area contributed by atoms with Gasteiger partial charge in [0.25, 0.3) is 0 Å². The highest BCUT2D eigenvalue weighted by molar-refractivity contribution is 5.81. The van der Waals surface area contributed by atoms with Crippen LogP contribution in [0.4, 0.5) is 5.82 Å². The van der Waals surface area contributed by atoms with Crippen LogP contribution in [0.15, 0.2) is 30.6 Å². The molecule has 1 aliphatic heterocycles. The molecule has 0 amide bonds. The van der Waals surface area contributed by atoms with Crippen LogP contribution >= 0.6 is 0 Å². The fourth-order valence-electron chi connectivity index (χ4n) is 3.65. The summed E-state index contributed by atoms with van der Waals surface area (Å²) in [6.07, 6.45) is 3.78. The van der Waals surface area contributed by atoms with E-state index in [4.69, 9.17) is 4.74 Å². The minimum Gasteiger partial charge on any atom is -0.375 e. The largest absolute Gasteiger partial charge is 0.375 e. The Labute approximate surface area is 153 Å². The Bertz CT molecular complexity index is 947. The van der Waals surface area contributed by atoms with Gasteiger partial charge in [-0.05, 0) is 45.7 Å². The molecule has 1 fully saturated rings. The molecule has 0 radical (unpaired) electrons. The number of anilines is 1. The molecule has 26 heavy (non-hydrogen) atoms. The average Bonchev–Trinajstić information content (AvgIpc) is 2.94. The number of nitrogens with one attached hydrogen (secondary N) is 1. The van der Waals surface area contributed by atoms with Gasteiger partial charge in [0.2, 0.25) is 0 Å². The maximum absolute atomic E-state index is 5.81. The van der Waals surface area contributed by atoms with Crippen molar-refractivity contribution in [1.82, 2.24) is 19.5 Å². The van der Waals surface area contributed by atoms with E-state index in [9.17, 15) is 0 Å². The SMILES string of the molecule is Cc1nc(NC2CCOC(C)(C)C2)cc(-c2ccc3c(c2)ncn3C)n1. The van der Waals surface area contributed by atoms with E-state index in [-0.39, 0.29) is 5.60 Å². The monoisotopic (exact) mass is 351 g/mol. The molecule has 3 heterocycles. The van der Waals surface area contributed by atoms with Crippen molar-refractivity contribution in [1.29, 1.82) is 0 Å². The van der Waals surface area contributed by atoms with Gasteiger partial charge in [0.05, 0.1) is 28.7 Å². The van der Waals surface area contributed by atoms with Crippen molar-refractivity contribution < 1.29 is 4.74 Å². The molecule has 1 saturated heterocycles. The van der Waals surface area contributed by atoms with Gasteiger partial charge in [-0.1, -0.05) is 6.07 Å². The number of hydrogen-bond acceptors (Lipinski definition) is 5. The Balaban J connectivity index is 1.63. The Hall–Kier alpha value is -2.47. The highest BCUT2D eigenvalue weighted by Crippen LogP contribution is 2.28. The molecular weight excluding hydrogens is 326 g/mol. The topological polar surface area (TPSA) is 64.9 Å². The Morgan fingerprint density at radius 3 is 2.88 bits per heavy atom. The van der Waals surface area contributed by atoms with Crippen molar-refractivity contribution in [3.8, 4) is 11.3 Å². The normalized spacial score (nSPS) is 19.6. The number of ether oxygens (including phenoxy) is 1. The first-order chi connectivity index (χ1) is 12.4. The molecule has 3 aromatic rings. The van der Waals surface area contributed by atoms with Crippen LogP contribution in [-0.2, 0) is 11.8 Å². The van der Waals surface area contributed by atoms with Crippen LogP contribution in [0.25, 0.3) is 22.3 Å². The number of imidazole rings is 1. The first-order valence-corrected chi connectivity index (χ1v) is 9.07. The van der Waals surface area contributed by atoms with E-state index in [0.717, 1.165) is 53.4 Å². The molecule has 1 unspecified atom stereocenters. The third-order valence-electron chi connectivity index (χ3n) is 4.91. The standard InChI is InChI=1S/C20H25N5O/c1-13-22-16(14-5-6-18-17(9-14)21-12-25(18)4)10-19(23-13)24-15-7-8-26-20(2,3)11-15/h5-6,9-10,12,15H,7-8,11H2,1-4H3,(H,22,23,24). The number of benzene rings is 1. The quantitative estimate of drug-likeness (QED) is 0.779. The summed E-state index contributed by atoms with van der Waals surface area (Å²) in [5, 5.41) is 3.58. The Morgan fingerprint density at radius 2 is 2.08 bits per heavy atom. The van der Waals surface area contributed by atoms with E-state index in [0.29, 0.717) is 6.04 Å². The van der Waals surface area contributed by atoms with Crippen molar-refractivity contribution in [3.05, 3.63) is 36.4 Å². The van der Waals surface area contributed by atoms with Crippen molar-refractivity contribution >= 4 is 16.9 Å². The van der Waals surface area contributed by atoms with Crippen molar-refractivity contribution in [2.24, 2.45) is 7.05 Å². The number of aryl methyl sites for hydroxylation is 2. The van der Waals surface area contributed by atoms with E-state index in [1.54, 1.807) is 0 Å². The molecule has 0 saturated carbocycles. The zero-order valence-electron chi connectivity index (χ0n) is 15.8. The lowest BCUT2D eigenvalue weighted by Crippen LogP contribution is -2.40. The van der Waals surface area contributed by atoms with Gasteiger partial charge >= 0.3 is 0 Å². The zero-order valence-corrected chi connectivity index (χ0v) is 15.8. The highest BCUT2D eigenvalue weighted by Gasteiger charge is 2.29. The van der Waals surface area contributed by atoms with Gasteiger partial charge in [0, 0.05) is 31.3 Å². The number of rotatable bonds is 3. The van der Waals surface area contributed by atoms with Gasteiger partial charge < -0.3 is 14.6 Å². The van der Waals surface area contributed by atoms with Gasteiger partial charge in [0.15, 0.2) is 0 Å². The third-order valence-corrected chi connectivity index (χ3v) is 4.91. The molecule has 6 heteroatoms. The summed E-state index contributed by atoms with van der Waals surface area (Å²) < 4.78 is 7.83. The van der Waals surface area contributed by atoms with Gasteiger partial charge in [0.1, 0.15) is 11.6 Å². The van der Waals surface area contributed by atoms with Crippen molar-refractivity contribution in [3.63, 3.8) is 0 Å². The van der Waals surface area contributed by atoms with E-state index in [2.05, 4.69) is 52.3 Å². The van der Waals surface area contributed by atoms with Crippen molar-refractivity contribution in [2.45, 2.75) is 45.3 Å². The summed E-state index contributed by atoms with van der Waals surface area (Å²) in [6, 6.07) is 8.65. The summed E-state index contributed by atoms with van der Waals surface area (Å²) >= 11 is 0. The Kier molecular flexibility index (Phi) is 4.15. The van der Waals surface area contributed by atoms with Crippen LogP contribution in [0.5, 0.6) is 0 Å². The maximum atomic E-state index is 5.81. The number of hydrogen-bond donors (Lipinski definition) is 1. The van der Waals surface area contributed by atoms with E-state index < -0.39 is 0 Å². The molecule has 0 aliphatic carbocycles. The van der Waals surface area contributed by atoms with Crippen LogP contribution in [0, 0.1) is 6.92 Å². The summed E-state index contributed by atoms with van der Waals surface area (Å²) in [5.41, 5.74) is 3.96. The van der Waals surface area contributed by atoms with Gasteiger partial charge in [-0.3, -0.25) is 0 Å². The minimum atomic E-state index is -0.0924. The predicted molar refractivity (Wildman–Crippen MR) is 103 cm³/mol. The zero-order chi connectivity index (χ0) is 18.3. The molecule has 1 aliphatic rings. The second kappa shape index (κ2) is 6.36. The summed E-state index contributed by atoms with van der Waals surface area (Å²) in [7, 11) is 2.00. The van der Waals surface area contributed by atoms with Crippen LogP contribution in [0.3, 0.4) is 0 Å². The highest BCUT2D eigenvalue weighted by atomic mass is 16.5. The van der Waals surface area contributed by atoms with Crippen LogP contribution in [0.2, 0.25) is 0 Å². The fraction of sp³-hybridized carbons (Fsp3) is 0.450. The molecule has 4 rings (SSSR count). The number of nitrogens with zero attached hydrogens (tertiary/aromatic N) is 4. The lowest BCUT2D eigenvalue weighted by molar-refractivity contribution is -0.0553. The van der Waals surface area contributed by atoms with Crippen LogP contribution < -0.4 is 5.32 Å². The fourth-order valence-corrected chi connectivity index (χ4v) is 3.65. The van der Waals surface area contributed by atoms with Gasteiger partial charge in [-0.2, -0.15) is 0 Å². The number of fused-ring (bicyclic) bond motifs is 1. The summed E-state index contributed by atoms with van der Waals surface area (Å²) in [5.74, 6) is 1.63. The molecule has 0 spiro atoms. The maximum Gasteiger partial charge on any atom is 0.130 e. The minimum absolute atomic E-state index is 0.0924. The van der Waals surface area contributed by atoms with Gasteiger partial charge in [-0.25, -0.2) is 15.0 Å². The molecular formula is C20H25N5O. The lowest BCUT2D eigenvalue weighted by Gasteiger charge is -2.36. The molecule has 1 N–H and O–H groups in total. The molecule has 6 nitrogen and oxygen atoms in total. The summed E-state index contributed by atoms with van der Waals surface area (Å²) in [4.78, 5) is 13.7. The second-order valence-corrected chi connectivity index (χ2v) is 7.69. The Morgan fingerprint density at radius 1 is 1.23 bits per heavy atom. The van der Waals surface area contributed by atoms with E-state index in [1.807, 2.05) is 30.9 Å². The molecule has 2 aromatic heterocycles. The van der Waals surface area contributed by atoms with Crippen LogP contribution in [-0.4, -0.2) is 37.8 Å².